The van der Waals surface area contributed by atoms with E-state index in [1.165, 1.54) is 6.20 Å². The third-order valence-electron chi connectivity index (χ3n) is 2.93. The Balaban J connectivity index is 2.61. The second kappa shape index (κ2) is 7.69. The van der Waals surface area contributed by atoms with Crippen molar-refractivity contribution in [2.75, 3.05) is 32.8 Å². The minimum Gasteiger partial charge on any atom is -0.394 e. The molecule has 0 aromatic carbocycles. The van der Waals surface area contributed by atoms with Gasteiger partial charge in [0.1, 0.15) is 11.6 Å². The number of rotatable bonds is 5. The molecule has 1 rings (SSSR count). The van der Waals surface area contributed by atoms with Crippen LogP contribution in [0.2, 0.25) is 0 Å². The van der Waals surface area contributed by atoms with Crippen molar-refractivity contribution in [3.63, 3.8) is 0 Å². The first kappa shape index (κ1) is 14.5. The molecular weight excluding hydrogens is 232 g/mol. The molecule has 0 spiro atoms. The van der Waals surface area contributed by atoms with Crippen LogP contribution in [0.3, 0.4) is 0 Å². The van der Waals surface area contributed by atoms with Gasteiger partial charge in [-0.25, -0.2) is 0 Å². The molecule has 0 saturated carbocycles. The molecule has 0 radical (unpaired) electrons. The molecule has 0 aliphatic carbocycles. The van der Waals surface area contributed by atoms with Crippen molar-refractivity contribution < 1.29 is 9.90 Å². The van der Waals surface area contributed by atoms with Gasteiger partial charge in [0.2, 0.25) is 0 Å². The fourth-order valence-corrected chi connectivity index (χ4v) is 1.68. The van der Waals surface area contributed by atoms with Crippen molar-refractivity contribution in [2.45, 2.75) is 19.4 Å². The summed E-state index contributed by atoms with van der Waals surface area (Å²) in [5.41, 5.74) is 0.0869. The number of hydrogen-bond donors (Lipinski definition) is 3. The van der Waals surface area contributed by atoms with E-state index in [9.17, 15) is 4.79 Å². The fraction of sp³-hybridized carbons (Fsp3) is 0.667. The standard InChI is InChI=1S/C12H20N4O2/c1-2-11(9-17)15-8-10(7-13)12(18)16-5-3-14-4-6-16/h8,11,14-15,17H,2-6,9H2,1H3/b10-8-. The first-order chi connectivity index (χ1) is 8.72. The lowest BCUT2D eigenvalue weighted by Crippen LogP contribution is -2.47. The lowest BCUT2D eigenvalue weighted by Gasteiger charge is -2.27. The summed E-state index contributed by atoms with van der Waals surface area (Å²) in [6, 6.07) is 1.79. The van der Waals surface area contributed by atoms with E-state index in [-0.39, 0.29) is 24.1 Å². The number of nitrogens with zero attached hydrogens (tertiary/aromatic N) is 2. The molecule has 100 valence electrons. The summed E-state index contributed by atoms with van der Waals surface area (Å²) in [4.78, 5) is 13.7. The van der Waals surface area contributed by atoms with Crippen LogP contribution in [0.4, 0.5) is 0 Å². The molecule has 0 bridgehead atoms. The van der Waals surface area contributed by atoms with Crippen LogP contribution in [0, 0.1) is 11.3 Å². The predicted octanol–water partition coefficient (Wildman–Crippen LogP) is -0.814. The zero-order chi connectivity index (χ0) is 13.4. The molecule has 0 aromatic heterocycles. The SMILES string of the molecule is CCC(CO)N/C=C(/C#N)C(=O)N1CCNCC1. The Morgan fingerprint density at radius 3 is 2.78 bits per heavy atom. The average Bonchev–Trinajstić information content (AvgIpc) is 2.44. The second-order valence-electron chi connectivity index (χ2n) is 4.17. The Hall–Kier alpha value is -1.58. The highest BCUT2D eigenvalue weighted by Gasteiger charge is 2.20. The summed E-state index contributed by atoms with van der Waals surface area (Å²) in [7, 11) is 0. The van der Waals surface area contributed by atoms with E-state index in [1.807, 2.05) is 13.0 Å². The minimum atomic E-state index is -0.251. The number of hydrogen-bond acceptors (Lipinski definition) is 5. The van der Waals surface area contributed by atoms with Gasteiger partial charge in [-0.15, -0.1) is 0 Å². The quantitative estimate of drug-likeness (QED) is 0.440. The summed E-state index contributed by atoms with van der Waals surface area (Å²) < 4.78 is 0. The number of carbonyl (C=O) groups is 1. The molecule has 6 heteroatoms. The van der Waals surface area contributed by atoms with Gasteiger partial charge >= 0.3 is 0 Å². The molecule has 1 atom stereocenters. The van der Waals surface area contributed by atoms with Gasteiger partial charge in [0.15, 0.2) is 0 Å². The summed E-state index contributed by atoms with van der Waals surface area (Å²) >= 11 is 0. The summed E-state index contributed by atoms with van der Waals surface area (Å²) in [6.45, 7) is 4.65. The molecule has 1 aliphatic rings. The van der Waals surface area contributed by atoms with E-state index in [2.05, 4.69) is 10.6 Å². The molecule has 1 saturated heterocycles. The maximum absolute atomic E-state index is 12.0. The van der Waals surface area contributed by atoms with Crippen molar-refractivity contribution in [2.24, 2.45) is 0 Å². The number of piperazine rings is 1. The van der Waals surface area contributed by atoms with Gasteiger partial charge < -0.3 is 20.6 Å². The molecule has 1 heterocycles. The van der Waals surface area contributed by atoms with Gasteiger partial charge in [-0.3, -0.25) is 4.79 Å². The van der Waals surface area contributed by atoms with Crippen LogP contribution in [0.15, 0.2) is 11.8 Å². The Morgan fingerprint density at radius 1 is 1.61 bits per heavy atom. The van der Waals surface area contributed by atoms with Gasteiger partial charge in [0.25, 0.3) is 5.91 Å². The number of aliphatic hydroxyl groups is 1. The maximum atomic E-state index is 12.0. The number of carbonyl (C=O) groups excluding carboxylic acids is 1. The zero-order valence-electron chi connectivity index (χ0n) is 10.6. The molecule has 1 unspecified atom stereocenters. The van der Waals surface area contributed by atoms with Gasteiger partial charge in [0.05, 0.1) is 6.61 Å². The largest absolute Gasteiger partial charge is 0.394 e. The molecule has 1 fully saturated rings. The van der Waals surface area contributed by atoms with Crippen LogP contribution in [-0.2, 0) is 4.79 Å². The van der Waals surface area contributed by atoms with Crippen LogP contribution in [0.25, 0.3) is 0 Å². The predicted molar refractivity (Wildman–Crippen MR) is 67.4 cm³/mol. The summed E-state index contributed by atoms with van der Waals surface area (Å²) in [5, 5.41) is 24.1. The number of aliphatic hydroxyl groups excluding tert-OH is 1. The Bertz CT molecular complexity index is 338. The summed E-state index contributed by atoms with van der Waals surface area (Å²) in [6.07, 6.45) is 2.14. The average molecular weight is 252 g/mol. The number of nitriles is 1. The fourth-order valence-electron chi connectivity index (χ4n) is 1.68. The number of nitrogens with one attached hydrogen (secondary N) is 2. The maximum Gasteiger partial charge on any atom is 0.266 e. The van der Waals surface area contributed by atoms with Gasteiger partial charge in [-0.05, 0) is 6.42 Å². The zero-order valence-corrected chi connectivity index (χ0v) is 10.6. The molecule has 0 aromatic rings. The molecule has 1 amide bonds. The van der Waals surface area contributed by atoms with Gasteiger partial charge in [0, 0.05) is 38.4 Å². The molecule has 1 aliphatic heterocycles. The highest BCUT2D eigenvalue weighted by molar-refractivity contribution is 5.97. The Morgan fingerprint density at radius 2 is 2.28 bits per heavy atom. The Kier molecular flexibility index (Phi) is 6.19. The van der Waals surface area contributed by atoms with E-state index in [0.29, 0.717) is 13.1 Å². The molecular formula is C12H20N4O2. The van der Waals surface area contributed by atoms with E-state index < -0.39 is 0 Å². The lowest BCUT2D eigenvalue weighted by molar-refractivity contribution is -0.127. The van der Waals surface area contributed by atoms with Crippen LogP contribution in [0.1, 0.15) is 13.3 Å². The third-order valence-corrected chi connectivity index (χ3v) is 2.93. The normalized spacial score (nSPS) is 18.1. The van der Waals surface area contributed by atoms with Crippen molar-refractivity contribution in [3.05, 3.63) is 11.8 Å². The van der Waals surface area contributed by atoms with E-state index in [4.69, 9.17) is 10.4 Å². The van der Waals surface area contributed by atoms with Crippen molar-refractivity contribution >= 4 is 5.91 Å². The van der Waals surface area contributed by atoms with E-state index >= 15 is 0 Å². The highest BCUT2D eigenvalue weighted by atomic mass is 16.3. The van der Waals surface area contributed by atoms with Gasteiger partial charge in [-0.2, -0.15) is 5.26 Å². The lowest BCUT2D eigenvalue weighted by atomic mass is 10.2. The van der Waals surface area contributed by atoms with Crippen LogP contribution >= 0.6 is 0 Å². The topological polar surface area (TPSA) is 88.4 Å². The van der Waals surface area contributed by atoms with E-state index in [1.54, 1.807) is 4.90 Å². The smallest absolute Gasteiger partial charge is 0.266 e. The minimum absolute atomic E-state index is 0.0203. The van der Waals surface area contributed by atoms with Gasteiger partial charge in [-0.1, -0.05) is 6.92 Å². The summed E-state index contributed by atoms with van der Waals surface area (Å²) in [5.74, 6) is -0.251. The van der Waals surface area contributed by atoms with E-state index in [0.717, 1.165) is 19.5 Å². The Labute approximate surface area is 107 Å². The van der Waals surface area contributed by atoms with Crippen LogP contribution < -0.4 is 10.6 Å². The van der Waals surface area contributed by atoms with Crippen molar-refractivity contribution in [1.82, 2.24) is 15.5 Å². The van der Waals surface area contributed by atoms with Crippen LogP contribution in [0.5, 0.6) is 0 Å². The third kappa shape index (κ3) is 4.02. The first-order valence-corrected chi connectivity index (χ1v) is 6.20. The second-order valence-corrected chi connectivity index (χ2v) is 4.17. The monoisotopic (exact) mass is 252 g/mol. The first-order valence-electron chi connectivity index (χ1n) is 6.20. The van der Waals surface area contributed by atoms with Crippen molar-refractivity contribution in [1.29, 1.82) is 5.26 Å². The molecule has 18 heavy (non-hydrogen) atoms. The highest BCUT2D eigenvalue weighted by Crippen LogP contribution is 2.02. The van der Waals surface area contributed by atoms with Crippen LogP contribution in [-0.4, -0.2) is 54.7 Å². The molecule has 6 nitrogen and oxygen atoms in total. The number of amides is 1. The van der Waals surface area contributed by atoms with Crippen molar-refractivity contribution in [3.8, 4) is 6.07 Å². The molecule has 3 N–H and O–H groups in total.